The van der Waals surface area contributed by atoms with Crippen LogP contribution in [0, 0.1) is 6.92 Å². The molecule has 3 aromatic rings. The molecular formula is C32H41N5O3. The van der Waals surface area contributed by atoms with E-state index < -0.39 is 0 Å². The van der Waals surface area contributed by atoms with Gasteiger partial charge in [-0.25, -0.2) is 4.98 Å². The number of likely N-dealkylation sites (tertiary alicyclic amines) is 1. The summed E-state index contributed by atoms with van der Waals surface area (Å²) in [6, 6.07) is 16.5. The molecule has 0 saturated carbocycles. The molecule has 0 unspecified atom stereocenters. The van der Waals surface area contributed by atoms with E-state index >= 15 is 0 Å². The monoisotopic (exact) mass is 543 g/mol. The average molecular weight is 544 g/mol. The van der Waals surface area contributed by atoms with Crippen LogP contribution >= 0.6 is 0 Å². The summed E-state index contributed by atoms with van der Waals surface area (Å²) in [5, 5.41) is 5.13. The second-order valence-corrected chi connectivity index (χ2v) is 11.2. The lowest BCUT2D eigenvalue weighted by Crippen LogP contribution is -2.44. The van der Waals surface area contributed by atoms with Crippen molar-refractivity contribution >= 4 is 28.2 Å². The van der Waals surface area contributed by atoms with Gasteiger partial charge < -0.3 is 24.6 Å². The van der Waals surface area contributed by atoms with E-state index in [9.17, 15) is 4.79 Å². The molecule has 2 aromatic carbocycles. The number of aryl methyl sites for hydroxylation is 1. The van der Waals surface area contributed by atoms with Gasteiger partial charge in [-0.15, -0.1) is 0 Å². The zero-order valence-corrected chi connectivity index (χ0v) is 23.6. The van der Waals surface area contributed by atoms with E-state index in [4.69, 9.17) is 14.5 Å². The number of carbonyl (C=O) groups excluding carboxylic acids is 1. The van der Waals surface area contributed by atoms with Crippen LogP contribution in [0.1, 0.15) is 41.7 Å². The fourth-order valence-electron chi connectivity index (χ4n) is 6.32. The maximum Gasteiger partial charge on any atom is 0.255 e. The molecule has 3 saturated heterocycles. The van der Waals surface area contributed by atoms with Crippen molar-refractivity contribution in [1.82, 2.24) is 14.8 Å². The second-order valence-electron chi connectivity index (χ2n) is 11.2. The molecule has 40 heavy (non-hydrogen) atoms. The fourth-order valence-corrected chi connectivity index (χ4v) is 6.32. The Labute approximate surface area is 237 Å². The summed E-state index contributed by atoms with van der Waals surface area (Å²) in [5.74, 6) is 1.62. The number of aromatic nitrogens is 1. The van der Waals surface area contributed by atoms with Crippen LogP contribution in [0.3, 0.4) is 0 Å². The summed E-state index contributed by atoms with van der Waals surface area (Å²) < 4.78 is 11.6. The van der Waals surface area contributed by atoms with Crippen molar-refractivity contribution in [3.05, 3.63) is 59.8 Å². The molecule has 6 rings (SSSR count). The van der Waals surface area contributed by atoms with Gasteiger partial charge in [0.25, 0.3) is 5.91 Å². The van der Waals surface area contributed by atoms with Crippen molar-refractivity contribution in [2.75, 3.05) is 75.9 Å². The zero-order chi connectivity index (χ0) is 27.3. The van der Waals surface area contributed by atoms with Gasteiger partial charge in [0.15, 0.2) is 0 Å². The van der Waals surface area contributed by atoms with Crippen molar-refractivity contribution in [3.63, 3.8) is 0 Å². The highest BCUT2D eigenvalue weighted by Crippen LogP contribution is 2.32. The van der Waals surface area contributed by atoms with Crippen LogP contribution < -0.4 is 15.0 Å². The number of carbonyl (C=O) groups is 1. The Hall–Kier alpha value is -3.20. The van der Waals surface area contributed by atoms with Crippen LogP contribution in [0.25, 0.3) is 10.8 Å². The van der Waals surface area contributed by atoms with Crippen LogP contribution in [0.2, 0.25) is 0 Å². The third kappa shape index (κ3) is 6.24. The summed E-state index contributed by atoms with van der Waals surface area (Å²) in [5.41, 5.74) is 2.28. The van der Waals surface area contributed by atoms with Gasteiger partial charge in [0.05, 0.1) is 13.2 Å². The Morgan fingerprint density at radius 2 is 1.73 bits per heavy atom. The minimum atomic E-state index is -0.121. The van der Waals surface area contributed by atoms with Crippen LogP contribution in [-0.2, 0) is 4.74 Å². The molecule has 0 radical (unpaired) electrons. The van der Waals surface area contributed by atoms with Gasteiger partial charge in [-0.05, 0) is 70.0 Å². The van der Waals surface area contributed by atoms with Gasteiger partial charge in [0, 0.05) is 66.5 Å². The average Bonchev–Trinajstić information content (AvgIpc) is 3.54. The largest absolute Gasteiger partial charge is 0.492 e. The molecule has 1 amide bonds. The molecule has 0 spiro atoms. The van der Waals surface area contributed by atoms with Crippen molar-refractivity contribution in [1.29, 1.82) is 0 Å². The predicted octanol–water partition coefficient (Wildman–Crippen LogP) is 4.57. The second kappa shape index (κ2) is 12.5. The summed E-state index contributed by atoms with van der Waals surface area (Å²) in [4.78, 5) is 25.7. The van der Waals surface area contributed by atoms with Crippen LogP contribution in [-0.4, -0.2) is 92.4 Å². The Balaban J connectivity index is 1.13. The molecule has 212 valence electrons. The highest BCUT2D eigenvalue weighted by atomic mass is 16.5. The summed E-state index contributed by atoms with van der Waals surface area (Å²) in [6.07, 6.45) is 4.98. The lowest BCUT2D eigenvalue weighted by Gasteiger charge is -2.37. The van der Waals surface area contributed by atoms with E-state index in [0.29, 0.717) is 18.2 Å². The maximum absolute atomic E-state index is 13.5. The lowest BCUT2D eigenvalue weighted by molar-refractivity contribution is 0.0323. The number of fused-ring (bicyclic) bond motifs is 1. The molecule has 0 aliphatic carbocycles. The van der Waals surface area contributed by atoms with Crippen LogP contribution in [0.4, 0.5) is 11.5 Å². The smallest absolute Gasteiger partial charge is 0.255 e. The first-order valence-electron chi connectivity index (χ1n) is 14.9. The van der Waals surface area contributed by atoms with E-state index in [-0.39, 0.29) is 5.91 Å². The number of ether oxygens (including phenoxy) is 2. The van der Waals surface area contributed by atoms with Crippen molar-refractivity contribution < 1.29 is 14.3 Å². The van der Waals surface area contributed by atoms with E-state index in [1.54, 1.807) is 0 Å². The minimum absolute atomic E-state index is 0.121. The molecule has 4 heterocycles. The SMILES string of the molecule is Cc1cc(C(=O)Nc2ccc(OCCN3CCOCC3)c3ccccc23)cc(N2CCC(N3CCCC3)CC2)n1. The number of hydrogen-bond donors (Lipinski definition) is 1. The molecule has 3 fully saturated rings. The third-order valence-corrected chi connectivity index (χ3v) is 8.55. The van der Waals surface area contributed by atoms with Gasteiger partial charge >= 0.3 is 0 Å². The topological polar surface area (TPSA) is 70.2 Å². The number of nitrogens with zero attached hydrogens (tertiary/aromatic N) is 4. The normalized spacial score (nSPS) is 19.3. The number of pyridine rings is 1. The zero-order valence-electron chi connectivity index (χ0n) is 23.6. The highest BCUT2D eigenvalue weighted by molar-refractivity contribution is 6.10. The lowest BCUT2D eigenvalue weighted by atomic mass is 10.0. The number of hydrogen-bond acceptors (Lipinski definition) is 7. The molecule has 3 aliphatic heterocycles. The van der Waals surface area contributed by atoms with Gasteiger partial charge in [0.1, 0.15) is 18.2 Å². The first-order valence-corrected chi connectivity index (χ1v) is 14.9. The molecule has 3 aliphatic rings. The van der Waals surface area contributed by atoms with Crippen molar-refractivity contribution in [2.24, 2.45) is 0 Å². The number of benzene rings is 2. The number of piperidine rings is 1. The quantitative estimate of drug-likeness (QED) is 0.446. The number of morpholine rings is 1. The van der Waals surface area contributed by atoms with E-state index in [1.807, 2.05) is 49.4 Å². The number of nitrogens with one attached hydrogen (secondary N) is 1. The fraction of sp³-hybridized carbons (Fsp3) is 0.500. The summed E-state index contributed by atoms with van der Waals surface area (Å²) in [6.45, 7) is 11.4. The summed E-state index contributed by atoms with van der Waals surface area (Å²) >= 11 is 0. The standard InChI is InChI=1S/C32H41N5O3/c1-24-22-25(23-31(33-24)37-14-10-26(11-15-37)36-12-4-5-13-36)32(38)34-29-8-9-30(28-7-3-2-6-27(28)29)40-21-18-35-16-19-39-20-17-35/h2-3,6-9,22-23,26H,4-5,10-21H2,1H3,(H,34,38). The first kappa shape index (κ1) is 27.0. The van der Waals surface area contributed by atoms with E-state index in [1.165, 1.54) is 25.9 Å². The Kier molecular flexibility index (Phi) is 8.46. The molecule has 8 nitrogen and oxygen atoms in total. The Bertz CT molecular complexity index is 1310. The van der Waals surface area contributed by atoms with Crippen LogP contribution in [0.15, 0.2) is 48.5 Å². The Morgan fingerprint density at radius 1 is 0.975 bits per heavy atom. The first-order chi connectivity index (χ1) is 19.6. The molecule has 0 bridgehead atoms. The molecule has 0 atom stereocenters. The predicted molar refractivity (Wildman–Crippen MR) is 160 cm³/mol. The number of anilines is 2. The number of amides is 1. The van der Waals surface area contributed by atoms with Gasteiger partial charge in [-0.2, -0.15) is 0 Å². The summed E-state index contributed by atoms with van der Waals surface area (Å²) in [7, 11) is 0. The molecule has 1 aromatic heterocycles. The van der Waals surface area contributed by atoms with Crippen molar-refractivity contribution in [3.8, 4) is 5.75 Å². The van der Waals surface area contributed by atoms with Gasteiger partial charge in [-0.1, -0.05) is 24.3 Å². The molecule has 8 heteroatoms. The van der Waals surface area contributed by atoms with E-state index in [0.717, 1.165) is 92.5 Å². The molecular weight excluding hydrogens is 502 g/mol. The van der Waals surface area contributed by atoms with Crippen molar-refractivity contribution in [2.45, 2.75) is 38.6 Å². The Morgan fingerprint density at radius 3 is 2.50 bits per heavy atom. The van der Waals surface area contributed by atoms with Crippen LogP contribution in [0.5, 0.6) is 5.75 Å². The number of rotatable bonds is 8. The molecule has 1 N–H and O–H groups in total. The van der Waals surface area contributed by atoms with Gasteiger partial charge in [-0.3, -0.25) is 9.69 Å². The minimum Gasteiger partial charge on any atom is -0.492 e. The third-order valence-electron chi connectivity index (χ3n) is 8.55. The highest BCUT2D eigenvalue weighted by Gasteiger charge is 2.27. The van der Waals surface area contributed by atoms with Gasteiger partial charge in [0.2, 0.25) is 0 Å². The van der Waals surface area contributed by atoms with E-state index in [2.05, 4.69) is 26.1 Å². The maximum atomic E-state index is 13.5.